The van der Waals surface area contributed by atoms with Crippen molar-refractivity contribution in [3.8, 4) is 0 Å². The second-order valence-corrected chi connectivity index (χ2v) is 8.93. The number of aliphatic hydroxyl groups is 1. The topological polar surface area (TPSA) is 63.6 Å². The van der Waals surface area contributed by atoms with Gasteiger partial charge in [0.25, 0.3) is 0 Å². The molecule has 4 nitrogen and oxygen atoms in total. The number of carbonyl (C=O) groups is 2. The average Bonchev–Trinajstić information content (AvgIpc) is 2.92. The molecule has 138 valence electrons. The van der Waals surface area contributed by atoms with Crippen molar-refractivity contribution in [2.24, 2.45) is 23.2 Å². The first kappa shape index (κ1) is 17.3. The molecule has 25 heavy (non-hydrogen) atoms. The Kier molecular flexibility index (Phi) is 4.10. The molecule has 4 aliphatic rings. The molecular weight excluding hydrogens is 316 g/mol. The molecule has 0 unspecified atom stereocenters. The van der Waals surface area contributed by atoms with Crippen molar-refractivity contribution in [2.45, 2.75) is 83.3 Å². The van der Waals surface area contributed by atoms with Crippen LogP contribution in [0.3, 0.4) is 0 Å². The predicted molar refractivity (Wildman–Crippen MR) is 93.7 cm³/mol. The van der Waals surface area contributed by atoms with Gasteiger partial charge in [-0.15, -0.1) is 0 Å². The zero-order chi connectivity index (χ0) is 17.8. The number of hydrogen-bond donors (Lipinski definition) is 1. The zero-order valence-electron chi connectivity index (χ0n) is 15.4. The van der Waals surface area contributed by atoms with E-state index >= 15 is 0 Å². The van der Waals surface area contributed by atoms with Gasteiger partial charge in [-0.25, -0.2) is 0 Å². The number of ether oxygens (including phenoxy) is 1. The van der Waals surface area contributed by atoms with Crippen LogP contribution in [0.1, 0.15) is 71.6 Å². The zero-order valence-corrected chi connectivity index (χ0v) is 15.4. The minimum Gasteiger partial charge on any atom is -0.462 e. The number of ketones is 1. The average molecular weight is 346 g/mol. The van der Waals surface area contributed by atoms with Gasteiger partial charge in [-0.2, -0.15) is 0 Å². The number of rotatable bonds is 2. The standard InChI is InChI=1S/C21H30O4/c1-3-19(23)25-18-7-6-16-15-5-4-13-12-14(22)8-11-21(13,24)17(15)9-10-20(16,18)2/h12,15-18,24H,3-11H2,1-2H3/t15-,16+,17-,18+,20-,21+/m0/s1. The Morgan fingerprint density at radius 2 is 2.00 bits per heavy atom. The summed E-state index contributed by atoms with van der Waals surface area (Å²) in [5.41, 5.74) is 0.269. The molecule has 3 saturated carbocycles. The number of esters is 1. The molecule has 0 aromatic rings. The SMILES string of the molecule is CCC(=O)O[C@@H]1CC[C@@H]2[C@@H]3CCC4=CC(=O)CC[C@]4(O)[C@H]3CC[C@@]21C. The second kappa shape index (κ2) is 5.94. The number of carbonyl (C=O) groups excluding carboxylic acids is 2. The van der Waals surface area contributed by atoms with Crippen molar-refractivity contribution in [1.82, 2.24) is 0 Å². The summed E-state index contributed by atoms with van der Waals surface area (Å²) in [7, 11) is 0. The third kappa shape index (κ3) is 2.51. The maximum Gasteiger partial charge on any atom is 0.305 e. The van der Waals surface area contributed by atoms with E-state index in [-0.39, 0.29) is 29.2 Å². The molecule has 4 heteroatoms. The molecule has 0 aromatic carbocycles. The summed E-state index contributed by atoms with van der Waals surface area (Å²) in [6.45, 7) is 4.15. The van der Waals surface area contributed by atoms with Crippen LogP contribution in [0.4, 0.5) is 0 Å². The van der Waals surface area contributed by atoms with E-state index in [1.807, 2.05) is 6.92 Å². The number of hydrogen-bond acceptors (Lipinski definition) is 4. The Hall–Kier alpha value is -1.16. The van der Waals surface area contributed by atoms with Crippen LogP contribution in [0.2, 0.25) is 0 Å². The molecule has 6 atom stereocenters. The van der Waals surface area contributed by atoms with E-state index in [0.29, 0.717) is 31.1 Å². The van der Waals surface area contributed by atoms with Gasteiger partial charge in [0.15, 0.2) is 5.78 Å². The quantitative estimate of drug-likeness (QED) is 0.777. The Morgan fingerprint density at radius 3 is 2.76 bits per heavy atom. The fourth-order valence-electron chi connectivity index (χ4n) is 6.57. The molecule has 4 rings (SSSR count). The van der Waals surface area contributed by atoms with E-state index in [1.165, 1.54) is 0 Å². The lowest BCUT2D eigenvalue weighted by Crippen LogP contribution is -2.56. The first-order chi connectivity index (χ1) is 11.9. The summed E-state index contributed by atoms with van der Waals surface area (Å²) in [6, 6.07) is 0. The summed E-state index contributed by atoms with van der Waals surface area (Å²) < 4.78 is 5.80. The minimum atomic E-state index is -0.768. The Balaban J connectivity index is 1.59. The summed E-state index contributed by atoms with van der Waals surface area (Å²) in [5.74, 6) is 1.35. The summed E-state index contributed by atoms with van der Waals surface area (Å²) in [5, 5.41) is 11.5. The molecule has 0 aromatic heterocycles. The highest BCUT2D eigenvalue weighted by Crippen LogP contribution is 2.63. The molecule has 0 aliphatic heterocycles. The van der Waals surface area contributed by atoms with Gasteiger partial charge in [0.05, 0.1) is 5.60 Å². The lowest BCUT2D eigenvalue weighted by Gasteiger charge is -2.56. The maximum atomic E-state index is 11.8. The van der Waals surface area contributed by atoms with Crippen LogP contribution in [0.5, 0.6) is 0 Å². The highest BCUT2D eigenvalue weighted by Gasteiger charge is 2.60. The van der Waals surface area contributed by atoms with E-state index < -0.39 is 5.60 Å². The van der Waals surface area contributed by atoms with Crippen LogP contribution in [-0.4, -0.2) is 28.6 Å². The first-order valence-corrected chi connectivity index (χ1v) is 10.0. The van der Waals surface area contributed by atoms with Crippen LogP contribution < -0.4 is 0 Å². The molecule has 0 saturated heterocycles. The van der Waals surface area contributed by atoms with E-state index in [9.17, 15) is 14.7 Å². The van der Waals surface area contributed by atoms with Crippen LogP contribution in [-0.2, 0) is 14.3 Å². The van der Waals surface area contributed by atoms with Gasteiger partial charge < -0.3 is 9.84 Å². The van der Waals surface area contributed by atoms with Crippen molar-refractivity contribution < 1.29 is 19.4 Å². The molecule has 0 radical (unpaired) electrons. The highest BCUT2D eigenvalue weighted by molar-refractivity contribution is 5.92. The highest BCUT2D eigenvalue weighted by atomic mass is 16.5. The van der Waals surface area contributed by atoms with Crippen LogP contribution in [0.25, 0.3) is 0 Å². The summed E-state index contributed by atoms with van der Waals surface area (Å²) in [4.78, 5) is 23.6. The third-order valence-electron chi connectivity index (χ3n) is 7.92. The molecule has 0 spiro atoms. The first-order valence-electron chi connectivity index (χ1n) is 10.0. The lowest BCUT2D eigenvalue weighted by atomic mass is 9.50. The molecular formula is C21H30O4. The van der Waals surface area contributed by atoms with Crippen LogP contribution in [0.15, 0.2) is 11.6 Å². The fraction of sp³-hybridized carbons (Fsp3) is 0.810. The molecule has 0 bridgehead atoms. The predicted octanol–water partition coefficient (Wildman–Crippen LogP) is 3.56. The fourth-order valence-corrected chi connectivity index (χ4v) is 6.57. The van der Waals surface area contributed by atoms with Crippen molar-refractivity contribution in [1.29, 1.82) is 0 Å². The third-order valence-corrected chi connectivity index (χ3v) is 7.92. The van der Waals surface area contributed by atoms with E-state index in [0.717, 1.165) is 44.1 Å². The summed E-state index contributed by atoms with van der Waals surface area (Å²) >= 11 is 0. The number of fused-ring (bicyclic) bond motifs is 5. The lowest BCUT2D eigenvalue weighted by molar-refractivity contribution is -0.162. The molecule has 0 amide bonds. The van der Waals surface area contributed by atoms with Gasteiger partial charge in [-0.1, -0.05) is 13.8 Å². The van der Waals surface area contributed by atoms with E-state index in [4.69, 9.17) is 4.74 Å². The summed E-state index contributed by atoms with van der Waals surface area (Å²) in [6.07, 6.45) is 9.19. The van der Waals surface area contributed by atoms with Gasteiger partial charge in [0, 0.05) is 18.3 Å². The van der Waals surface area contributed by atoms with Crippen LogP contribution in [0, 0.1) is 23.2 Å². The minimum absolute atomic E-state index is 0.0328. The maximum absolute atomic E-state index is 11.8. The molecule has 3 fully saturated rings. The Labute approximate surface area is 150 Å². The van der Waals surface area contributed by atoms with Gasteiger partial charge in [0.1, 0.15) is 6.10 Å². The molecule has 0 heterocycles. The second-order valence-electron chi connectivity index (χ2n) is 8.93. The van der Waals surface area contributed by atoms with Crippen molar-refractivity contribution >= 4 is 11.8 Å². The normalized spacial score (nSPS) is 45.9. The van der Waals surface area contributed by atoms with Crippen molar-refractivity contribution in [3.63, 3.8) is 0 Å². The molecule has 1 N–H and O–H groups in total. The van der Waals surface area contributed by atoms with Crippen molar-refractivity contribution in [3.05, 3.63) is 11.6 Å². The van der Waals surface area contributed by atoms with E-state index in [1.54, 1.807) is 6.08 Å². The van der Waals surface area contributed by atoms with Crippen molar-refractivity contribution in [2.75, 3.05) is 0 Å². The molecule has 4 aliphatic carbocycles. The monoisotopic (exact) mass is 346 g/mol. The Morgan fingerprint density at radius 1 is 1.20 bits per heavy atom. The Bertz CT molecular complexity index is 623. The smallest absolute Gasteiger partial charge is 0.305 e. The van der Waals surface area contributed by atoms with Gasteiger partial charge in [-0.3, -0.25) is 9.59 Å². The van der Waals surface area contributed by atoms with E-state index in [2.05, 4.69) is 6.92 Å². The largest absolute Gasteiger partial charge is 0.462 e. The van der Waals surface area contributed by atoms with Gasteiger partial charge in [0.2, 0.25) is 0 Å². The van der Waals surface area contributed by atoms with Gasteiger partial charge >= 0.3 is 5.97 Å². The van der Waals surface area contributed by atoms with Crippen LogP contribution >= 0.6 is 0 Å². The van der Waals surface area contributed by atoms with Gasteiger partial charge in [-0.05, 0) is 74.3 Å².